The average molecular weight is 442 g/mol. The Balaban J connectivity index is 1.47. The summed E-state index contributed by atoms with van der Waals surface area (Å²) in [5.74, 6) is 1.37. The van der Waals surface area contributed by atoms with Crippen LogP contribution in [0.2, 0.25) is 0 Å². The fourth-order valence-electron chi connectivity index (χ4n) is 4.37. The van der Waals surface area contributed by atoms with E-state index in [4.69, 9.17) is 8.83 Å². The van der Waals surface area contributed by atoms with Crippen molar-refractivity contribution in [3.63, 3.8) is 0 Å². The number of Topliss-reactive ketones (excluding diaryl/α,β-unsaturated/α-hetero) is 1. The number of fused-ring (bicyclic) bond motifs is 3. The third kappa shape index (κ3) is 2.75. The van der Waals surface area contributed by atoms with Crippen molar-refractivity contribution in [2.45, 2.75) is 0 Å². The second kappa shape index (κ2) is 7.19. The van der Waals surface area contributed by atoms with Gasteiger partial charge in [0, 0.05) is 35.2 Å². The van der Waals surface area contributed by atoms with Crippen molar-refractivity contribution in [2.75, 3.05) is 0 Å². The molecule has 160 valence electrons. The minimum Gasteiger partial charge on any atom is -0.453 e. The molecule has 0 N–H and O–H groups in total. The zero-order valence-electron chi connectivity index (χ0n) is 17.9. The first-order valence-corrected chi connectivity index (χ1v) is 10.4. The lowest BCUT2D eigenvalue weighted by Crippen LogP contribution is -1.95. The SMILES string of the molecule is Cn1c(-c2cc3ccccc3o2)nc2oc(/C=C3\C(=O)c4ccccc4C3=C(C#N)C#N)cc21. The summed E-state index contributed by atoms with van der Waals surface area (Å²) in [4.78, 5) is 17.7. The summed E-state index contributed by atoms with van der Waals surface area (Å²) >= 11 is 0. The number of nitrogens with zero attached hydrogens (tertiary/aromatic N) is 4. The standard InChI is InChI=1S/C27H14N4O3/c1-31-21-12-17(33-27(21)30-26(31)23-10-15-6-2-5-9-22(15)34-23)11-20-24(16(13-28)14-29)18-7-3-4-8-19(18)25(20)32/h2-12H,1H3/b20-11-. The summed E-state index contributed by atoms with van der Waals surface area (Å²) in [5, 5.41) is 19.9. The van der Waals surface area contributed by atoms with Crippen molar-refractivity contribution < 1.29 is 13.6 Å². The number of allylic oxidation sites excluding steroid dienone is 3. The Hall–Kier alpha value is -5.14. The van der Waals surface area contributed by atoms with Crippen LogP contribution < -0.4 is 0 Å². The van der Waals surface area contributed by atoms with Crippen LogP contribution in [0.1, 0.15) is 21.7 Å². The topological polar surface area (TPSA) is 109 Å². The predicted octanol–water partition coefficient (Wildman–Crippen LogP) is 5.66. The van der Waals surface area contributed by atoms with E-state index in [0.29, 0.717) is 39.8 Å². The summed E-state index contributed by atoms with van der Waals surface area (Å²) in [6.45, 7) is 0. The molecule has 3 heterocycles. The molecule has 0 atom stereocenters. The van der Waals surface area contributed by atoms with E-state index in [2.05, 4.69) is 4.98 Å². The number of benzene rings is 2. The van der Waals surface area contributed by atoms with Crippen LogP contribution in [0.3, 0.4) is 0 Å². The van der Waals surface area contributed by atoms with E-state index in [-0.39, 0.29) is 16.9 Å². The van der Waals surface area contributed by atoms with E-state index in [1.807, 2.05) is 54.1 Å². The Labute approximate surface area is 193 Å². The maximum Gasteiger partial charge on any atom is 0.245 e. The van der Waals surface area contributed by atoms with Crippen LogP contribution in [-0.2, 0) is 7.05 Å². The number of nitriles is 2. The van der Waals surface area contributed by atoms with Crippen molar-refractivity contribution in [3.05, 3.63) is 88.7 Å². The van der Waals surface area contributed by atoms with Crippen molar-refractivity contribution in [1.29, 1.82) is 10.5 Å². The largest absolute Gasteiger partial charge is 0.453 e. The first kappa shape index (κ1) is 19.5. The lowest BCUT2D eigenvalue weighted by molar-refractivity contribution is 0.104. The predicted molar refractivity (Wildman–Crippen MR) is 125 cm³/mol. The average Bonchev–Trinajstić information content (AvgIpc) is 3.59. The fourth-order valence-corrected chi connectivity index (χ4v) is 4.37. The Morgan fingerprint density at radius 3 is 2.47 bits per heavy atom. The number of carbonyl (C=O) groups is 1. The second-order valence-corrected chi connectivity index (χ2v) is 7.89. The van der Waals surface area contributed by atoms with Crippen LogP contribution in [-0.4, -0.2) is 15.3 Å². The van der Waals surface area contributed by atoms with E-state index in [9.17, 15) is 15.3 Å². The highest BCUT2D eigenvalue weighted by atomic mass is 16.4. The molecule has 0 saturated heterocycles. The number of rotatable bonds is 2. The van der Waals surface area contributed by atoms with Gasteiger partial charge in [-0.25, -0.2) is 0 Å². The molecule has 0 radical (unpaired) electrons. The van der Waals surface area contributed by atoms with Gasteiger partial charge in [0.25, 0.3) is 0 Å². The van der Waals surface area contributed by atoms with Crippen LogP contribution in [0.25, 0.3) is 45.4 Å². The highest BCUT2D eigenvalue weighted by molar-refractivity contribution is 6.29. The molecule has 1 aliphatic rings. The van der Waals surface area contributed by atoms with Gasteiger partial charge >= 0.3 is 0 Å². The summed E-state index contributed by atoms with van der Waals surface area (Å²) in [6, 6.07) is 22.2. The second-order valence-electron chi connectivity index (χ2n) is 7.89. The molecule has 0 bridgehead atoms. The third-order valence-electron chi connectivity index (χ3n) is 5.96. The van der Waals surface area contributed by atoms with Crippen LogP contribution in [0, 0.1) is 22.7 Å². The number of imidazole rings is 1. The minimum absolute atomic E-state index is 0.119. The van der Waals surface area contributed by atoms with Crippen LogP contribution in [0.4, 0.5) is 0 Å². The summed E-state index contributed by atoms with van der Waals surface area (Å²) < 4.78 is 13.7. The molecule has 34 heavy (non-hydrogen) atoms. The van der Waals surface area contributed by atoms with Gasteiger partial charge in [-0.15, -0.1) is 0 Å². The lowest BCUT2D eigenvalue weighted by atomic mass is 9.99. The zero-order chi connectivity index (χ0) is 23.4. The van der Waals surface area contributed by atoms with E-state index < -0.39 is 0 Å². The zero-order valence-corrected chi connectivity index (χ0v) is 17.9. The molecular weight excluding hydrogens is 428 g/mol. The molecular formula is C27H14N4O3. The van der Waals surface area contributed by atoms with Gasteiger partial charge in [-0.05, 0) is 23.8 Å². The van der Waals surface area contributed by atoms with E-state index in [1.165, 1.54) is 0 Å². The number of aromatic nitrogens is 2. The number of aryl methyl sites for hydroxylation is 1. The maximum atomic E-state index is 13.1. The summed E-state index contributed by atoms with van der Waals surface area (Å²) in [7, 11) is 1.86. The van der Waals surface area contributed by atoms with Gasteiger partial charge in [0.2, 0.25) is 5.71 Å². The van der Waals surface area contributed by atoms with Crippen LogP contribution in [0.15, 0.2) is 80.6 Å². The maximum absolute atomic E-state index is 13.1. The van der Waals surface area contributed by atoms with E-state index >= 15 is 0 Å². The van der Waals surface area contributed by atoms with Gasteiger partial charge in [0.05, 0.1) is 0 Å². The Kier molecular flexibility index (Phi) is 4.13. The third-order valence-corrected chi connectivity index (χ3v) is 5.96. The normalized spacial score (nSPS) is 14.0. The molecule has 0 spiro atoms. The molecule has 1 aliphatic carbocycles. The smallest absolute Gasteiger partial charge is 0.245 e. The number of ketones is 1. The molecule has 7 heteroatoms. The van der Waals surface area contributed by atoms with Crippen molar-refractivity contribution in [3.8, 4) is 23.7 Å². The number of para-hydroxylation sites is 1. The molecule has 2 aromatic carbocycles. The van der Waals surface area contributed by atoms with Crippen molar-refractivity contribution in [1.82, 2.24) is 9.55 Å². The molecule has 0 unspecified atom stereocenters. The van der Waals surface area contributed by atoms with Gasteiger partial charge in [0.1, 0.15) is 34.6 Å². The number of hydrogen-bond donors (Lipinski definition) is 0. The monoisotopic (exact) mass is 442 g/mol. The molecule has 0 amide bonds. The number of furan rings is 2. The minimum atomic E-state index is -0.259. The van der Waals surface area contributed by atoms with Crippen molar-refractivity contribution >= 4 is 39.6 Å². The molecule has 0 aliphatic heterocycles. The molecule has 3 aromatic heterocycles. The first-order valence-electron chi connectivity index (χ1n) is 10.4. The molecule has 0 fully saturated rings. The Bertz CT molecular complexity index is 1760. The van der Waals surface area contributed by atoms with E-state index in [0.717, 1.165) is 16.5 Å². The molecule has 7 nitrogen and oxygen atoms in total. The van der Waals surface area contributed by atoms with Gasteiger partial charge < -0.3 is 13.4 Å². The summed E-state index contributed by atoms with van der Waals surface area (Å²) in [6.07, 6.45) is 1.56. The highest BCUT2D eigenvalue weighted by Crippen LogP contribution is 2.40. The number of carbonyl (C=O) groups excluding carboxylic acids is 1. The highest BCUT2D eigenvalue weighted by Gasteiger charge is 2.32. The van der Waals surface area contributed by atoms with Gasteiger partial charge in [0.15, 0.2) is 17.4 Å². The number of hydrogen-bond acceptors (Lipinski definition) is 6. The van der Waals surface area contributed by atoms with E-state index in [1.54, 1.807) is 36.4 Å². The lowest BCUT2D eigenvalue weighted by Gasteiger charge is -2.01. The summed E-state index contributed by atoms with van der Waals surface area (Å²) in [5.41, 5.74) is 3.35. The molecule has 6 rings (SSSR count). The van der Waals surface area contributed by atoms with Gasteiger partial charge in [-0.1, -0.05) is 42.5 Å². The van der Waals surface area contributed by atoms with Gasteiger partial charge in [-0.2, -0.15) is 15.5 Å². The molecule has 0 saturated carbocycles. The Morgan fingerprint density at radius 1 is 1.00 bits per heavy atom. The van der Waals surface area contributed by atoms with Gasteiger partial charge in [-0.3, -0.25) is 4.79 Å². The van der Waals surface area contributed by atoms with Crippen LogP contribution in [0.5, 0.6) is 0 Å². The van der Waals surface area contributed by atoms with Crippen LogP contribution >= 0.6 is 0 Å². The molecule has 5 aromatic rings. The first-order chi connectivity index (χ1) is 16.6. The quantitative estimate of drug-likeness (QED) is 0.258. The fraction of sp³-hybridized carbons (Fsp3) is 0.0370. The Morgan fingerprint density at radius 2 is 1.74 bits per heavy atom. The van der Waals surface area contributed by atoms with Crippen molar-refractivity contribution in [2.24, 2.45) is 7.05 Å².